The Bertz CT molecular complexity index is 468. The second kappa shape index (κ2) is 4.77. The molecule has 1 amide bonds. The van der Waals surface area contributed by atoms with Crippen LogP contribution in [0.2, 0.25) is 0 Å². The normalized spacial score (nSPS) is 23.2. The maximum Gasteiger partial charge on any atom is 0.407 e. The number of aliphatic hydroxyl groups is 1. The van der Waals surface area contributed by atoms with Crippen LogP contribution in [0.3, 0.4) is 0 Å². The maximum atomic E-state index is 13.2. The van der Waals surface area contributed by atoms with Crippen LogP contribution >= 0.6 is 0 Å². The highest BCUT2D eigenvalue weighted by Crippen LogP contribution is 2.36. The Morgan fingerprint density at radius 1 is 1.67 bits per heavy atom. The van der Waals surface area contributed by atoms with Crippen molar-refractivity contribution in [3.63, 3.8) is 0 Å². The number of carbonyl (C=O) groups is 1. The first-order valence-corrected chi connectivity index (χ1v) is 5.40. The molecule has 1 fully saturated rings. The Kier molecular flexibility index (Phi) is 3.33. The molecule has 1 unspecified atom stereocenters. The molecule has 1 aliphatic rings. The minimum Gasteiger partial charge on any atom is -0.481 e. The molecular formula is C11H13FN2O4. The average molecular weight is 256 g/mol. The third-order valence-electron chi connectivity index (χ3n) is 2.92. The van der Waals surface area contributed by atoms with Gasteiger partial charge in [0.05, 0.1) is 32.0 Å². The number of halogens is 1. The molecule has 0 spiro atoms. The van der Waals surface area contributed by atoms with E-state index in [1.165, 1.54) is 13.2 Å². The molecule has 1 aromatic heterocycles. The molecule has 1 saturated heterocycles. The van der Waals surface area contributed by atoms with E-state index < -0.39 is 24.1 Å². The first-order chi connectivity index (χ1) is 8.52. The summed E-state index contributed by atoms with van der Waals surface area (Å²) in [5.41, 5.74) is 0.330. The lowest BCUT2D eigenvalue weighted by molar-refractivity contribution is 0.131. The van der Waals surface area contributed by atoms with Crippen molar-refractivity contribution in [1.29, 1.82) is 0 Å². The van der Waals surface area contributed by atoms with Gasteiger partial charge in [-0.25, -0.2) is 14.2 Å². The number of pyridine rings is 1. The van der Waals surface area contributed by atoms with E-state index in [0.29, 0.717) is 5.56 Å². The van der Waals surface area contributed by atoms with Crippen molar-refractivity contribution in [2.45, 2.75) is 18.6 Å². The van der Waals surface area contributed by atoms with Crippen molar-refractivity contribution < 1.29 is 24.1 Å². The number of likely N-dealkylation sites (tertiary alicyclic amines) is 1. The number of hydrogen-bond acceptors (Lipinski definition) is 4. The van der Waals surface area contributed by atoms with Crippen LogP contribution in [0.4, 0.5) is 9.18 Å². The van der Waals surface area contributed by atoms with E-state index in [-0.39, 0.29) is 18.8 Å². The van der Waals surface area contributed by atoms with Gasteiger partial charge in [-0.2, -0.15) is 0 Å². The van der Waals surface area contributed by atoms with Crippen LogP contribution in [0.25, 0.3) is 0 Å². The molecule has 18 heavy (non-hydrogen) atoms. The Labute approximate surface area is 103 Å². The summed E-state index contributed by atoms with van der Waals surface area (Å²) in [7, 11) is 1.38. The highest BCUT2D eigenvalue weighted by atomic mass is 19.1. The van der Waals surface area contributed by atoms with E-state index >= 15 is 0 Å². The van der Waals surface area contributed by atoms with Gasteiger partial charge in [-0.15, -0.1) is 0 Å². The Morgan fingerprint density at radius 2 is 2.39 bits per heavy atom. The van der Waals surface area contributed by atoms with Gasteiger partial charge in [-0.3, -0.25) is 4.90 Å². The molecule has 2 rings (SSSR count). The number of aliphatic hydroxyl groups excluding tert-OH is 1. The van der Waals surface area contributed by atoms with Crippen LogP contribution in [0.1, 0.15) is 18.0 Å². The zero-order chi connectivity index (χ0) is 13.3. The quantitative estimate of drug-likeness (QED) is 0.825. The molecule has 6 nitrogen and oxygen atoms in total. The van der Waals surface area contributed by atoms with Gasteiger partial charge in [-0.05, 0) is 12.5 Å². The van der Waals surface area contributed by atoms with Crippen molar-refractivity contribution in [2.75, 3.05) is 13.7 Å². The number of hydrogen-bond donors (Lipinski definition) is 2. The molecule has 7 heteroatoms. The lowest BCUT2D eigenvalue weighted by Gasteiger charge is -2.22. The van der Waals surface area contributed by atoms with Crippen LogP contribution < -0.4 is 4.74 Å². The third kappa shape index (κ3) is 2.21. The van der Waals surface area contributed by atoms with Crippen LogP contribution in [-0.2, 0) is 0 Å². The highest BCUT2D eigenvalue weighted by molar-refractivity contribution is 5.66. The molecule has 0 bridgehead atoms. The summed E-state index contributed by atoms with van der Waals surface area (Å²) in [5.74, 6) is -0.403. The number of β-amino-alcohol motifs (C(OH)–C–C–N with tert-alkyl or cyclic N) is 1. The predicted molar refractivity (Wildman–Crippen MR) is 58.8 cm³/mol. The molecule has 98 valence electrons. The van der Waals surface area contributed by atoms with Gasteiger partial charge in [0, 0.05) is 5.56 Å². The fraction of sp³-hybridized carbons (Fsp3) is 0.455. The van der Waals surface area contributed by atoms with Gasteiger partial charge < -0.3 is 14.9 Å². The van der Waals surface area contributed by atoms with Gasteiger partial charge in [0.15, 0.2) is 0 Å². The summed E-state index contributed by atoms with van der Waals surface area (Å²) < 4.78 is 18.2. The fourth-order valence-corrected chi connectivity index (χ4v) is 2.17. The molecule has 0 radical (unpaired) electrons. The fourth-order valence-electron chi connectivity index (χ4n) is 2.17. The van der Waals surface area contributed by atoms with Gasteiger partial charge in [-0.1, -0.05) is 0 Å². The second-order valence-corrected chi connectivity index (χ2v) is 4.09. The van der Waals surface area contributed by atoms with Crippen LogP contribution in [0.5, 0.6) is 5.88 Å². The van der Waals surface area contributed by atoms with Crippen LogP contribution in [-0.4, -0.2) is 45.9 Å². The van der Waals surface area contributed by atoms with Crippen molar-refractivity contribution >= 4 is 6.09 Å². The predicted octanol–water partition coefficient (Wildman–Crippen LogP) is 1.01. The molecule has 2 atom stereocenters. The number of methoxy groups -OCH3 is 1. The largest absolute Gasteiger partial charge is 0.481 e. The summed E-state index contributed by atoms with van der Waals surface area (Å²) in [4.78, 5) is 15.9. The standard InChI is InChI=1S/C11H13FN2O4/c1-18-10-8(2-6(12)4-13-10)9-3-7(15)5-14(9)11(16)17/h2,4,7,9,15H,3,5H2,1H3,(H,16,17)/t7?,9-/m1/s1. The van der Waals surface area contributed by atoms with Crippen molar-refractivity contribution in [1.82, 2.24) is 9.88 Å². The van der Waals surface area contributed by atoms with Crippen molar-refractivity contribution in [2.24, 2.45) is 0 Å². The summed E-state index contributed by atoms with van der Waals surface area (Å²) in [5, 5.41) is 18.6. The molecule has 1 aromatic rings. The molecule has 1 aliphatic heterocycles. The van der Waals surface area contributed by atoms with Crippen molar-refractivity contribution in [3.8, 4) is 5.88 Å². The molecule has 2 heterocycles. The van der Waals surface area contributed by atoms with Crippen LogP contribution in [0, 0.1) is 5.82 Å². The topological polar surface area (TPSA) is 82.9 Å². The molecular weight excluding hydrogens is 243 g/mol. The minimum absolute atomic E-state index is 0.000330. The van der Waals surface area contributed by atoms with E-state index in [0.717, 1.165) is 11.1 Å². The zero-order valence-corrected chi connectivity index (χ0v) is 9.71. The molecule has 2 N–H and O–H groups in total. The third-order valence-corrected chi connectivity index (χ3v) is 2.92. The van der Waals surface area contributed by atoms with Crippen molar-refractivity contribution in [3.05, 3.63) is 23.6 Å². The Hall–Kier alpha value is -1.89. The lowest BCUT2D eigenvalue weighted by Crippen LogP contribution is -2.30. The van der Waals surface area contributed by atoms with E-state index in [1.54, 1.807) is 0 Å². The Morgan fingerprint density at radius 3 is 3.00 bits per heavy atom. The summed E-state index contributed by atoms with van der Waals surface area (Å²) >= 11 is 0. The van der Waals surface area contributed by atoms with Gasteiger partial charge in [0.2, 0.25) is 5.88 Å². The van der Waals surface area contributed by atoms with Gasteiger partial charge in [0.1, 0.15) is 5.82 Å². The summed E-state index contributed by atoms with van der Waals surface area (Å²) in [6, 6.07) is 0.542. The number of amides is 1. The molecule has 0 saturated carbocycles. The zero-order valence-electron chi connectivity index (χ0n) is 9.71. The minimum atomic E-state index is -1.16. The number of ether oxygens (including phenoxy) is 1. The number of nitrogens with zero attached hydrogens (tertiary/aromatic N) is 2. The molecule has 0 aromatic carbocycles. The lowest BCUT2D eigenvalue weighted by atomic mass is 10.1. The smallest absolute Gasteiger partial charge is 0.407 e. The first kappa shape index (κ1) is 12.6. The van der Waals surface area contributed by atoms with E-state index in [4.69, 9.17) is 9.84 Å². The van der Waals surface area contributed by atoms with E-state index in [1.807, 2.05) is 0 Å². The van der Waals surface area contributed by atoms with Gasteiger partial charge in [0.25, 0.3) is 0 Å². The highest BCUT2D eigenvalue weighted by Gasteiger charge is 2.37. The first-order valence-electron chi connectivity index (χ1n) is 5.40. The molecule has 0 aliphatic carbocycles. The Balaban J connectivity index is 2.40. The number of rotatable bonds is 2. The van der Waals surface area contributed by atoms with Crippen LogP contribution in [0.15, 0.2) is 12.3 Å². The summed E-state index contributed by atoms with van der Waals surface area (Å²) in [6.45, 7) is -0.000330. The maximum absolute atomic E-state index is 13.2. The monoisotopic (exact) mass is 256 g/mol. The van der Waals surface area contributed by atoms with E-state index in [2.05, 4.69) is 4.98 Å². The SMILES string of the molecule is COc1ncc(F)cc1[C@H]1CC(O)CN1C(=O)O. The van der Waals surface area contributed by atoms with Gasteiger partial charge >= 0.3 is 6.09 Å². The van der Waals surface area contributed by atoms with E-state index in [9.17, 15) is 14.3 Å². The number of carboxylic acid groups (broad SMARTS) is 1. The number of aromatic nitrogens is 1. The summed E-state index contributed by atoms with van der Waals surface area (Å²) in [6.07, 6.45) is -0.728. The second-order valence-electron chi connectivity index (χ2n) is 4.09. The average Bonchev–Trinajstić information content (AvgIpc) is 2.71.